The molecule has 0 spiro atoms. The van der Waals surface area contributed by atoms with Crippen LogP contribution < -0.4 is 16.0 Å². The largest absolute Gasteiger partial charge is 0.370 e. The van der Waals surface area contributed by atoms with Crippen molar-refractivity contribution in [1.29, 1.82) is 0 Å². The summed E-state index contributed by atoms with van der Waals surface area (Å²) in [6, 6.07) is 3.96. The molecule has 3 N–H and O–H groups in total. The highest BCUT2D eigenvalue weighted by atomic mass is 16.1. The number of nitrogens with two attached hydrogens (primary N) is 1. The van der Waals surface area contributed by atoms with Gasteiger partial charge >= 0.3 is 0 Å². The Kier molecular flexibility index (Phi) is 3.58. The van der Waals surface area contributed by atoms with Crippen LogP contribution in [0.2, 0.25) is 0 Å². The minimum atomic E-state index is -0.159. The monoisotopic (exact) mass is 234 g/mol. The fraction of sp³-hybridized carbons (Fsp3) is 0.500. The van der Waals surface area contributed by atoms with Gasteiger partial charge in [0.25, 0.3) is 5.91 Å². The molecule has 1 aromatic rings. The molecule has 1 aliphatic heterocycles. The predicted molar refractivity (Wildman–Crippen MR) is 67.0 cm³/mol. The molecule has 5 heteroatoms. The average Bonchev–Trinajstić information content (AvgIpc) is 2.38. The van der Waals surface area contributed by atoms with Crippen LogP contribution in [0.3, 0.4) is 0 Å². The van der Waals surface area contributed by atoms with Gasteiger partial charge in [0.1, 0.15) is 5.69 Å². The highest BCUT2D eigenvalue weighted by Gasteiger charge is 2.17. The second kappa shape index (κ2) is 5.14. The summed E-state index contributed by atoms with van der Waals surface area (Å²) in [5, 5.41) is 2.58. The van der Waals surface area contributed by atoms with E-state index in [0.29, 0.717) is 5.69 Å². The molecule has 1 saturated heterocycles. The number of carbonyl (C=O) groups is 1. The highest BCUT2D eigenvalue weighted by molar-refractivity contribution is 5.92. The third-order valence-electron chi connectivity index (χ3n) is 3.03. The Labute approximate surface area is 101 Å². The van der Waals surface area contributed by atoms with Crippen molar-refractivity contribution in [1.82, 2.24) is 10.3 Å². The SMILES string of the molecule is CNC(=O)c1cc(N2CCC[C@@H](N)C2)ccn1. The summed E-state index contributed by atoms with van der Waals surface area (Å²) in [7, 11) is 1.60. The predicted octanol–water partition coefficient (Wildman–Crippen LogP) is 0.369. The summed E-state index contributed by atoms with van der Waals surface area (Å²) in [5.74, 6) is -0.159. The summed E-state index contributed by atoms with van der Waals surface area (Å²) in [4.78, 5) is 17.8. The molecule has 17 heavy (non-hydrogen) atoms. The molecule has 0 bridgehead atoms. The number of hydrogen-bond acceptors (Lipinski definition) is 4. The number of pyridine rings is 1. The number of hydrogen-bond donors (Lipinski definition) is 2. The van der Waals surface area contributed by atoms with E-state index >= 15 is 0 Å². The number of carbonyl (C=O) groups excluding carboxylic acids is 1. The normalized spacial score (nSPS) is 20.1. The second-order valence-corrected chi connectivity index (χ2v) is 4.33. The molecule has 1 aromatic heterocycles. The van der Waals surface area contributed by atoms with Gasteiger partial charge in [0, 0.05) is 38.1 Å². The number of piperidine rings is 1. The van der Waals surface area contributed by atoms with Crippen molar-refractivity contribution in [2.75, 3.05) is 25.0 Å². The summed E-state index contributed by atoms with van der Waals surface area (Å²) in [6.07, 6.45) is 3.84. The average molecular weight is 234 g/mol. The van der Waals surface area contributed by atoms with Crippen LogP contribution in [-0.4, -0.2) is 37.1 Å². The van der Waals surface area contributed by atoms with Crippen LogP contribution in [0, 0.1) is 0 Å². The molecule has 0 aromatic carbocycles. The van der Waals surface area contributed by atoms with E-state index in [9.17, 15) is 4.79 Å². The lowest BCUT2D eigenvalue weighted by molar-refractivity contribution is 0.0958. The molecular weight excluding hydrogens is 216 g/mol. The van der Waals surface area contributed by atoms with E-state index in [1.54, 1.807) is 13.2 Å². The summed E-state index contributed by atoms with van der Waals surface area (Å²) < 4.78 is 0. The van der Waals surface area contributed by atoms with Gasteiger partial charge in [-0.05, 0) is 25.0 Å². The van der Waals surface area contributed by atoms with Gasteiger partial charge < -0.3 is 16.0 Å². The Balaban J connectivity index is 2.17. The molecule has 0 saturated carbocycles. The van der Waals surface area contributed by atoms with Crippen molar-refractivity contribution < 1.29 is 4.79 Å². The van der Waals surface area contributed by atoms with E-state index in [2.05, 4.69) is 15.2 Å². The number of aromatic nitrogens is 1. The Morgan fingerprint density at radius 2 is 2.47 bits per heavy atom. The van der Waals surface area contributed by atoms with Gasteiger partial charge in [0.2, 0.25) is 0 Å². The molecule has 92 valence electrons. The molecule has 1 aliphatic rings. The molecule has 2 heterocycles. The van der Waals surface area contributed by atoms with Gasteiger partial charge in [-0.15, -0.1) is 0 Å². The topological polar surface area (TPSA) is 71.2 Å². The first-order valence-corrected chi connectivity index (χ1v) is 5.89. The zero-order valence-electron chi connectivity index (χ0n) is 10.0. The van der Waals surface area contributed by atoms with Crippen molar-refractivity contribution in [3.05, 3.63) is 24.0 Å². The van der Waals surface area contributed by atoms with Gasteiger partial charge in [-0.1, -0.05) is 0 Å². The van der Waals surface area contributed by atoms with Crippen molar-refractivity contribution in [2.45, 2.75) is 18.9 Å². The lowest BCUT2D eigenvalue weighted by Crippen LogP contribution is -2.42. The van der Waals surface area contributed by atoms with E-state index < -0.39 is 0 Å². The molecule has 0 aliphatic carbocycles. The molecule has 2 rings (SSSR count). The third kappa shape index (κ3) is 2.74. The van der Waals surface area contributed by atoms with Crippen LogP contribution in [0.4, 0.5) is 5.69 Å². The molecular formula is C12H18N4O. The van der Waals surface area contributed by atoms with Crippen molar-refractivity contribution in [2.24, 2.45) is 5.73 Å². The van der Waals surface area contributed by atoms with Gasteiger partial charge in [-0.3, -0.25) is 9.78 Å². The highest BCUT2D eigenvalue weighted by Crippen LogP contribution is 2.19. The molecule has 0 unspecified atom stereocenters. The minimum absolute atomic E-state index is 0.159. The standard InChI is InChI=1S/C12H18N4O/c1-14-12(17)11-7-10(4-5-15-11)16-6-2-3-9(13)8-16/h4-5,7,9H,2-3,6,8,13H2,1H3,(H,14,17)/t9-/m1/s1. The van der Waals surface area contributed by atoms with E-state index in [1.807, 2.05) is 12.1 Å². The first-order valence-electron chi connectivity index (χ1n) is 5.89. The van der Waals surface area contributed by atoms with Crippen LogP contribution in [0.1, 0.15) is 23.3 Å². The fourth-order valence-electron chi connectivity index (χ4n) is 2.11. The Morgan fingerprint density at radius 3 is 3.18 bits per heavy atom. The van der Waals surface area contributed by atoms with Gasteiger partial charge in [-0.2, -0.15) is 0 Å². The second-order valence-electron chi connectivity index (χ2n) is 4.33. The first-order chi connectivity index (χ1) is 8.20. The van der Waals surface area contributed by atoms with Crippen molar-refractivity contribution in [3.63, 3.8) is 0 Å². The van der Waals surface area contributed by atoms with Gasteiger partial charge in [0.05, 0.1) is 0 Å². The first kappa shape index (κ1) is 11.9. The Morgan fingerprint density at radius 1 is 1.65 bits per heavy atom. The Bertz CT molecular complexity index is 407. The maximum absolute atomic E-state index is 11.5. The van der Waals surface area contributed by atoms with Crippen LogP contribution in [0.5, 0.6) is 0 Å². The van der Waals surface area contributed by atoms with Crippen LogP contribution in [0.15, 0.2) is 18.3 Å². The zero-order chi connectivity index (χ0) is 12.3. The maximum Gasteiger partial charge on any atom is 0.269 e. The lowest BCUT2D eigenvalue weighted by atomic mass is 10.1. The van der Waals surface area contributed by atoms with Gasteiger partial charge in [-0.25, -0.2) is 0 Å². The van der Waals surface area contributed by atoms with Gasteiger partial charge in [0.15, 0.2) is 0 Å². The molecule has 5 nitrogen and oxygen atoms in total. The molecule has 1 atom stereocenters. The van der Waals surface area contributed by atoms with Crippen molar-refractivity contribution in [3.8, 4) is 0 Å². The van der Waals surface area contributed by atoms with E-state index in [4.69, 9.17) is 5.73 Å². The smallest absolute Gasteiger partial charge is 0.269 e. The number of nitrogens with zero attached hydrogens (tertiary/aromatic N) is 2. The van der Waals surface area contributed by atoms with E-state index in [0.717, 1.165) is 31.6 Å². The van der Waals surface area contributed by atoms with Crippen LogP contribution in [-0.2, 0) is 0 Å². The van der Waals surface area contributed by atoms with E-state index in [-0.39, 0.29) is 11.9 Å². The third-order valence-corrected chi connectivity index (χ3v) is 3.03. The number of anilines is 1. The van der Waals surface area contributed by atoms with Crippen LogP contribution in [0.25, 0.3) is 0 Å². The van der Waals surface area contributed by atoms with E-state index in [1.165, 1.54) is 0 Å². The summed E-state index contributed by atoms with van der Waals surface area (Å²) >= 11 is 0. The maximum atomic E-state index is 11.5. The van der Waals surface area contributed by atoms with Crippen molar-refractivity contribution >= 4 is 11.6 Å². The lowest BCUT2D eigenvalue weighted by Gasteiger charge is -2.32. The molecule has 1 fully saturated rings. The fourth-order valence-corrected chi connectivity index (χ4v) is 2.11. The number of nitrogens with one attached hydrogen (secondary N) is 1. The number of rotatable bonds is 2. The molecule has 1 amide bonds. The summed E-state index contributed by atoms with van der Waals surface area (Å²) in [5.41, 5.74) is 7.42. The molecule has 0 radical (unpaired) electrons. The van der Waals surface area contributed by atoms with Crippen LogP contribution >= 0.6 is 0 Å². The number of amides is 1. The minimum Gasteiger partial charge on any atom is -0.370 e. The quantitative estimate of drug-likeness (QED) is 0.775. The zero-order valence-corrected chi connectivity index (χ0v) is 10.0. The summed E-state index contributed by atoms with van der Waals surface area (Å²) in [6.45, 7) is 1.84. The Hall–Kier alpha value is -1.62.